The Hall–Kier alpha value is -2.45. The van der Waals surface area contributed by atoms with E-state index >= 15 is 0 Å². The van der Waals surface area contributed by atoms with Crippen LogP contribution in [-0.4, -0.2) is 50.2 Å². The van der Waals surface area contributed by atoms with Crippen LogP contribution in [0.1, 0.15) is 23.9 Å². The molecule has 126 valence electrons. The van der Waals surface area contributed by atoms with Gasteiger partial charge in [0.15, 0.2) is 0 Å². The van der Waals surface area contributed by atoms with E-state index in [4.69, 9.17) is 15.6 Å². The van der Waals surface area contributed by atoms with Crippen molar-refractivity contribution in [2.75, 3.05) is 44.2 Å². The fourth-order valence-corrected chi connectivity index (χ4v) is 2.98. The number of piperazine rings is 1. The maximum atomic E-state index is 11.8. The first-order valence-electron chi connectivity index (χ1n) is 8.32. The van der Waals surface area contributed by atoms with Crippen LogP contribution >= 0.6 is 0 Å². The van der Waals surface area contributed by atoms with E-state index < -0.39 is 5.97 Å². The van der Waals surface area contributed by atoms with Crippen molar-refractivity contribution in [1.29, 1.82) is 0 Å². The second-order valence-corrected chi connectivity index (χ2v) is 5.84. The first-order chi connectivity index (χ1) is 11.7. The minimum absolute atomic E-state index is 0.253. The molecule has 3 rings (SSSR count). The van der Waals surface area contributed by atoms with Crippen molar-refractivity contribution in [3.63, 3.8) is 0 Å². The molecule has 0 spiro atoms. The molecular formula is C19H22N2O3. The highest BCUT2D eigenvalue weighted by Gasteiger charge is 2.18. The number of ether oxygens (including phenoxy) is 1. The summed E-state index contributed by atoms with van der Waals surface area (Å²) in [7, 11) is 0. The van der Waals surface area contributed by atoms with Crippen LogP contribution in [0.15, 0.2) is 28.7 Å². The van der Waals surface area contributed by atoms with Crippen LogP contribution in [-0.2, 0) is 4.74 Å². The van der Waals surface area contributed by atoms with Gasteiger partial charge in [-0.2, -0.15) is 0 Å². The van der Waals surface area contributed by atoms with Gasteiger partial charge in [-0.1, -0.05) is 0 Å². The zero-order valence-corrected chi connectivity index (χ0v) is 14.0. The number of carbonyl (C=O) groups excluding carboxylic acids is 1. The van der Waals surface area contributed by atoms with Crippen molar-refractivity contribution >= 4 is 22.6 Å². The quantitative estimate of drug-likeness (QED) is 0.624. The molecule has 0 unspecified atom stereocenters. The van der Waals surface area contributed by atoms with E-state index in [1.807, 2.05) is 12.1 Å². The van der Waals surface area contributed by atoms with Gasteiger partial charge in [0, 0.05) is 50.2 Å². The van der Waals surface area contributed by atoms with E-state index in [1.54, 1.807) is 13.0 Å². The molecule has 0 radical (unpaired) electrons. The highest BCUT2D eigenvalue weighted by Crippen LogP contribution is 2.26. The smallest absolute Gasteiger partial charge is 0.374 e. The summed E-state index contributed by atoms with van der Waals surface area (Å²) < 4.78 is 10.6. The van der Waals surface area contributed by atoms with Crippen LogP contribution in [0.25, 0.3) is 11.0 Å². The van der Waals surface area contributed by atoms with Gasteiger partial charge in [0.25, 0.3) is 0 Å². The number of hydrogen-bond donors (Lipinski definition) is 0. The number of anilines is 1. The summed E-state index contributed by atoms with van der Waals surface area (Å²) in [5, 5.41) is 0.922. The molecule has 1 aliphatic heterocycles. The highest BCUT2D eigenvalue weighted by atomic mass is 16.5. The lowest BCUT2D eigenvalue weighted by Crippen LogP contribution is -2.46. The molecule has 2 heterocycles. The van der Waals surface area contributed by atoms with Crippen molar-refractivity contribution in [2.45, 2.75) is 13.3 Å². The zero-order chi connectivity index (χ0) is 16.9. The summed E-state index contributed by atoms with van der Waals surface area (Å²) in [6.07, 6.45) is 6.13. The van der Waals surface area contributed by atoms with Gasteiger partial charge in [-0.05, 0) is 31.2 Å². The standard InChI is InChI=1S/C19H22N2O3/c1-3-5-8-20-9-11-21(12-10-20)16-6-7-17-15(13-16)14-18(24-17)19(22)23-4-2/h1,6-7,13-14H,4-5,8-12H2,2H3. The second-order valence-electron chi connectivity index (χ2n) is 5.84. The van der Waals surface area contributed by atoms with E-state index in [2.05, 4.69) is 21.8 Å². The normalized spacial score (nSPS) is 15.4. The van der Waals surface area contributed by atoms with Crippen molar-refractivity contribution in [3.8, 4) is 12.3 Å². The fraction of sp³-hybridized carbons (Fsp3) is 0.421. The van der Waals surface area contributed by atoms with Gasteiger partial charge in [-0.25, -0.2) is 4.79 Å². The fourth-order valence-electron chi connectivity index (χ4n) is 2.98. The molecule has 1 aromatic heterocycles. The Morgan fingerprint density at radius 3 is 2.79 bits per heavy atom. The Balaban J connectivity index is 1.70. The SMILES string of the molecule is C#CCCN1CCN(c2ccc3oc(C(=O)OCC)cc3c2)CC1. The molecule has 5 heteroatoms. The van der Waals surface area contributed by atoms with Gasteiger partial charge in [-0.15, -0.1) is 12.3 Å². The third-order valence-electron chi connectivity index (χ3n) is 4.29. The van der Waals surface area contributed by atoms with Gasteiger partial charge in [0.1, 0.15) is 5.58 Å². The lowest BCUT2D eigenvalue weighted by Gasteiger charge is -2.35. The molecule has 0 bridgehead atoms. The van der Waals surface area contributed by atoms with E-state index in [-0.39, 0.29) is 5.76 Å². The number of furan rings is 1. The molecule has 1 fully saturated rings. The molecule has 1 aromatic carbocycles. The monoisotopic (exact) mass is 326 g/mol. The third-order valence-corrected chi connectivity index (χ3v) is 4.29. The number of fused-ring (bicyclic) bond motifs is 1. The maximum absolute atomic E-state index is 11.8. The number of esters is 1. The van der Waals surface area contributed by atoms with Crippen LogP contribution < -0.4 is 4.90 Å². The van der Waals surface area contributed by atoms with Crippen LogP contribution in [0.5, 0.6) is 0 Å². The number of terminal acetylenes is 1. The minimum Gasteiger partial charge on any atom is -0.460 e. The molecule has 0 N–H and O–H groups in total. The molecule has 24 heavy (non-hydrogen) atoms. The van der Waals surface area contributed by atoms with Crippen molar-refractivity contribution in [1.82, 2.24) is 4.90 Å². The molecule has 5 nitrogen and oxygen atoms in total. The molecule has 0 amide bonds. The molecule has 0 saturated carbocycles. The summed E-state index contributed by atoms with van der Waals surface area (Å²) >= 11 is 0. The number of carbonyl (C=O) groups is 1. The van der Waals surface area contributed by atoms with Crippen LogP contribution in [0, 0.1) is 12.3 Å². The Labute approximate surface area is 142 Å². The minimum atomic E-state index is -0.419. The number of nitrogens with zero attached hydrogens (tertiary/aromatic N) is 2. The number of hydrogen-bond acceptors (Lipinski definition) is 5. The van der Waals surface area contributed by atoms with Gasteiger partial charge in [0.2, 0.25) is 5.76 Å². The van der Waals surface area contributed by atoms with Crippen molar-refractivity contribution < 1.29 is 13.9 Å². The van der Waals surface area contributed by atoms with Crippen molar-refractivity contribution in [3.05, 3.63) is 30.0 Å². The zero-order valence-electron chi connectivity index (χ0n) is 14.0. The van der Waals surface area contributed by atoms with Gasteiger partial charge in [-0.3, -0.25) is 4.90 Å². The predicted molar refractivity (Wildman–Crippen MR) is 94.3 cm³/mol. The molecule has 1 saturated heterocycles. The maximum Gasteiger partial charge on any atom is 0.374 e. The Morgan fingerprint density at radius 1 is 1.29 bits per heavy atom. The molecule has 0 aliphatic carbocycles. The Bertz CT molecular complexity index is 752. The van der Waals surface area contributed by atoms with E-state index in [9.17, 15) is 4.79 Å². The molecule has 1 aliphatic rings. The Morgan fingerprint density at radius 2 is 2.08 bits per heavy atom. The molecular weight excluding hydrogens is 304 g/mol. The average molecular weight is 326 g/mol. The summed E-state index contributed by atoms with van der Waals surface area (Å²) in [6.45, 7) is 7.05. The van der Waals surface area contributed by atoms with E-state index in [1.165, 1.54) is 0 Å². The first kappa shape index (κ1) is 16.4. The number of benzene rings is 1. The summed E-state index contributed by atoms with van der Waals surface area (Å²) in [5.74, 6) is 2.53. The van der Waals surface area contributed by atoms with Crippen molar-refractivity contribution in [2.24, 2.45) is 0 Å². The lowest BCUT2D eigenvalue weighted by atomic mass is 10.2. The second kappa shape index (κ2) is 7.41. The first-order valence-corrected chi connectivity index (χ1v) is 8.32. The van der Waals surface area contributed by atoms with Gasteiger partial charge < -0.3 is 14.1 Å². The largest absolute Gasteiger partial charge is 0.460 e. The number of rotatable bonds is 5. The average Bonchev–Trinajstić information content (AvgIpc) is 3.04. The van der Waals surface area contributed by atoms with E-state index in [0.717, 1.165) is 50.2 Å². The summed E-state index contributed by atoms with van der Waals surface area (Å²) in [4.78, 5) is 16.5. The van der Waals surface area contributed by atoms with Crippen LogP contribution in [0.4, 0.5) is 5.69 Å². The highest BCUT2D eigenvalue weighted by molar-refractivity contribution is 5.93. The predicted octanol–water partition coefficient (Wildman–Crippen LogP) is 2.75. The summed E-state index contributed by atoms with van der Waals surface area (Å²) in [5.41, 5.74) is 1.85. The van der Waals surface area contributed by atoms with Gasteiger partial charge in [0.05, 0.1) is 6.61 Å². The summed E-state index contributed by atoms with van der Waals surface area (Å²) in [6, 6.07) is 7.77. The van der Waals surface area contributed by atoms with Gasteiger partial charge >= 0.3 is 5.97 Å². The van der Waals surface area contributed by atoms with E-state index in [0.29, 0.717) is 12.2 Å². The lowest BCUT2D eigenvalue weighted by molar-refractivity contribution is 0.0492. The topological polar surface area (TPSA) is 45.9 Å². The molecule has 0 atom stereocenters. The third kappa shape index (κ3) is 3.55. The van der Waals surface area contributed by atoms with Crippen LogP contribution in [0.3, 0.4) is 0 Å². The van der Waals surface area contributed by atoms with Crippen LogP contribution in [0.2, 0.25) is 0 Å². The Kier molecular flexibility index (Phi) is 5.07. The molecule has 2 aromatic rings.